The van der Waals surface area contributed by atoms with Gasteiger partial charge in [0.05, 0.1) is 31.9 Å². The quantitative estimate of drug-likeness (QED) is 0.764. The minimum Gasteiger partial charge on any atom is -0.496 e. The molecule has 3 rings (SSSR count). The molecule has 1 aromatic carbocycles. The number of nitrogens with zero attached hydrogens (tertiary/aromatic N) is 1. The van der Waals surface area contributed by atoms with Gasteiger partial charge in [-0.2, -0.15) is 0 Å². The Bertz CT molecular complexity index is 956. The first-order chi connectivity index (χ1) is 13.3. The highest BCUT2D eigenvalue weighted by atomic mass is 35.5. The summed E-state index contributed by atoms with van der Waals surface area (Å²) in [5.74, 6) is -0.646. The van der Waals surface area contributed by atoms with Gasteiger partial charge in [0.2, 0.25) is 5.91 Å². The molecule has 1 aliphatic heterocycles. The van der Waals surface area contributed by atoms with Gasteiger partial charge in [0, 0.05) is 23.4 Å². The number of amides is 2. The van der Waals surface area contributed by atoms with Gasteiger partial charge in [-0.25, -0.2) is 4.79 Å². The van der Waals surface area contributed by atoms with Gasteiger partial charge in [0.1, 0.15) is 10.8 Å². The van der Waals surface area contributed by atoms with Crippen LogP contribution in [-0.4, -0.2) is 43.4 Å². The molecule has 0 saturated heterocycles. The molecule has 0 radical (unpaired) electrons. The molecular weight excluding hydrogens is 404 g/mol. The van der Waals surface area contributed by atoms with Crippen molar-refractivity contribution in [1.29, 1.82) is 0 Å². The molecule has 28 heavy (non-hydrogen) atoms. The summed E-state index contributed by atoms with van der Waals surface area (Å²) >= 11 is 7.28. The molecular formula is C19H19ClN2O5S. The molecule has 2 heterocycles. The highest BCUT2D eigenvalue weighted by Crippen LogP contribution is 2.38. The summed E-state index contributed by atoms with van der Waals surface area (Å²) < 4.78 is 10.1. The average molecular weight is 423 g/mol. The molecule has 0 fully saturated rings. The molecule has 148 valence electrons. The number of thiophene rings is 1. The van der Waals surface area contributed by atoms with Crippen LogP contribution < -0.4 is 10.1 Å². The van der Waals surface area contributed by atoms with Gasteiger partial charge in [-0.1, -0.05) is 11.6 Å². The Morgan fingerprint density at radius 3 is 2.64 bits per heavy atom. The molecule has 7 nitrogen and oxygen atoms in total. The van der Waals surface area contributed by atoms with E-state index < -0.39 is 11.9 Å². The summed E-state index contributed by atoms with van der Waals surface area (Å²) in [7, 11) is 2.75. The van der Waals surface area contributed by atoms with Crippen molar-refractivity contribution in [3.63, 3.8) is 0 Å². The Labute approximate surface area is 171 Å². The zero-order chi connectivity index (χ0) is 20.4. The van der Waals surface area contributed by atoms with Crippen LogP contribution in [0.5, 0.6) is 5.75 Å². The van der Waals surface area contributed by atoms with E-state index in [1.54, 1.807) is 17.0 Å². The molecule has 0 bridgehead atoms. The van der Waals surface area contributed by atoms with Crippen LogP contribution in [0.2, 0.25) is 5.02 Å². The number of hydrogen-bond donors (Lipinski definition) is 1. The molecule has 2 amide bonds. The molecule has 2 aromatic rings. The summed E-state index contributed by atoms with van der Waals surface area (Å²) in [4.78, 5) is 39.5. The molecule has 0 unspecified atom stereocenters. The van der Waals surface area contributed by atoms with Gasteiger partial charge in [-0.3, -0.25) is 9.59 Å². The van der Waals surface area contributed by atoms with Crippen molar-refractivity contribution in [3.05, 3.63) is 44.8 Å². The lowest BCUT2D eigenvalue weighted by atomic mass is 10.0. The largest absolute Gasteiger partial charge is 0.496 e. The molecule has 1 N–H and O–H groups in total. The lowest BCUT2D eigenvalue weighted by Gasteiger charge is -2.25. The van der Waals surface area contributed by atoms with Crippen molar-refractivity contribution in [3.8, 4) is 5.75 Å². The molecule has 9 heteroatoms. The number of carbonyl (C=O) groups is 3. The first-order valence-corrected chi connectivity index (χ1v) is 9.68. The van der Waals surface area contributed by atoms with Crippen molar-refractivity contribution < 1.29 is 23.9 Å². The van der Waals surface area contributed by atoms with Crippen LogP contribution in [0.1, 0.15) is 38.1 Å². The number of methoxy groups -OCH3 is 2. The minimum absolute atomic E-state index is 0.0343. The summed E-state index contributed by atoms with van der Waals surface area (Å²) in [5, 5.41) is 3.56. The van der Waals surface area contributed by atoms with E-state index in [0.29, 0.717) is 40.8 Å². The molecule has 0 aliphatic carbocycles. The van der Waals surface area contributed by atoms with Crippen molar-refractivity contribution in [2.45, 2.75) is 19.9 Å². The smallest absolute Gasteiger partial charge is 0.341 e. The van der Waals surface area contributed by atoms with E-state index in [9.17, 15) is 14.4 Å². The zero-order valence-electron chi connectivity index (χ0n) is 15.6. The van der Waals surface area contributed by atoms with Crippen molar-refractivity contribution in [1.82, 2.24) is 4.90 Å². The number of ether oxygens (including phenoxy) is 2. The Morgan fingerprint density at radius 2 is 2.00 bits per heavy atom. The zero-order valence-corrected chi connectivity index (χ0v) is 17.2. The summed E-state index contributed by atoms with van der Waals surface area (Å²) in [5.41, 5.74) is 1.39. The van der Waals surface area contributed by atoms with Crippen molar-refractivity contribution >= 4 is 45.7 Å². The van der Waals surface area contributed by atoms with E-state index >= 15 is 0 Å². The lowest BCUT2D eigenvalue weighted by Crippen LogP contribution is -2.33. The van der Waals surface area contributed by atoms with Gasteiger partial charge in [0.25, 0.3) is 5.91 Å². The second-order valence-electron chi connectivity index (χ2n) is 6.19. The van der Waals surface area contributed by atoms with Crippen molar-refractivity contribution in [2.75, 3.05) is 26.1 Å². The fourth-order valence-electron chi connectivity index (χ4n) is 3.11. The number of benzene rings is 1. The number of carbonyl (C=O) groups excluding carboxylic acids is 3. The Kier molecular flexibility index (Phi) is 5.90. The highest BCUT2D eigenvalue weighted by molar-refractivity contribution is 7.17. The van der Waals surface area contributed by atoms with E-state index in [2.05, 4.69) is 5.32 Å². The molecule has 0 spiro atoms. The molecule has 0 saturated carbocycles. The molecule has 0 atom stereocenters. The predicted octanol–water partition coefficient (Wildman–Crippen LogP) is 3.35. The maximum Gasteiger partial charge on any atom is 0.341 e. The maximum atomic E-state index is 12.8. The van der Waals surface area contributed by atoms with Gasteiger partial charge in [-0.05, 0) is 30.2 Å². The van der Waals surface area contributed by atoms with E-state index in [4.69, 9.17) is 21.1 Å². The van der Waals surface area contributed by atoms with Gasteiger partial charge >= 0.3 is 5.97 Å². The number of hydrogen-bond acceptors (Lipinski definition) is 6. The third-order valence-electron chi connectivity index (χ3n) is 4.52. The SMILES string of the molecule is COC(=O)c1c(NC(=O)c2cc(Cl)ccc2OC)sc2c1CCN(C(C)=O)C2. The van der Waals surface area contributed by atoms with E-state index in [1.807, 2.05) is 0 Å². The van der Waals surface area contributed by atoms with Crippen LogP contribution in [0.4, 0.5) is 5.00 Å². The normalized spacial score (nSPS) is 12.9. The predicted molar refractivity (Wildman–Crippen MR) is 106 cm³/mol. The Morgan fingerprint density at radius 1 is 1.25 bits per heavy atom. The number of nitrogens with one attached hydrogen (secondary N) is 1. The second-order valence-corrected chi connectivity index (χ2v) is 7.73. The number of halogens is 1. The van der Waals surface area contributed by atoms with Crippen LogP contribution >= 0.6 is 22.9 Å². The van der Waals surface area contributed by atoms with Crippen LogP contribution in [0.25, 0.3) is 0 Å². The first-order valence-electron chi connectivity index (χ1n) is 8.49. The third-order valence-corrected chi connectivity index (χ3v) is 5.89. The number of anilines is 1. The minimum atomic E-state index is -0.526. The maximum absolute atomic E-state index is 12.8. The van der Waals surface area contributed by atoms with Crippen LogP contribution in [0, 0.1) is 0 Å². The summed E-state index contributed by atoms with van der Waals surface area (Å²) in [6.07, 6.45) is 0.520. The summed E-state index contributed by atoms with van der Waals surface area (Å²) in [6, 6.07) is 4.72. The number of rotatable bonds is 4. The standard InChI is InChI=1S/C19H19ClN2O5S/c1-10(23)22-7-6-12-15(9-22)28-18(16(12)19(25)27-3)21-17(24)13-8-11(20)4-5-14(13)26-2/h4-5,8H,6-7,9H2,1-3H3,(H,21,24). The van der Waals surface area contributed by atoms with Crippen molar-refractivity contribution in [2.24, 2.45) is 0 Å². The van der Waals surface area contributed by atoms with E-state index in [1.165, 1.54) is 38.5 Å². The lowest BCUT2D eigenvalue weighted by molar-refractivity contribution is -0.129. The first kappa shape index (κ1) is 20.2. The van der Waals surface area contributed by atoms with E-state index in [0.717, 1.165) is 10.4 Å². The fourth-order valence-corrected chi connectivity index (χ4v) is 4.52. The fraction of sp³-hybridized carbons (Fsp3) is 0.316. The Balaban J connectivity index is 1.98. The van der Waals surface area contributed by atoms with Gasteiger partial charge in [-0.15, -0.1) is 11.3 Å². The van der Waals surface area contributed by atoms with Gasteiger partial charge in [0.15, 0.2) is 0 Å². The van der Waals surface area contributed by atoms with Crippen LogP contribution in [0.3, 0.4) is 0 Å². The van der Waals surface area contributed by atoms with E-state index in [-0.39, 0.29) is 11.5 Å². The molecule has 1 aromatic heterocycles. The van der Waals surface area contributed by atoms with Crippen LogP contribution in [-0.2, 0) is 22.5 Å². The number of esters is 1. The third kappa shape index (κ3) is 3.83. The highest BCUT2D eigenvalue weighted by Gasteiger charge is 2.30. The van der Waals surface area contributed by atoms with Crippen LogP contribution in [0.15, 0.2) is 18.2 Å². The topological polar surface area (TPSA) is 84.9 Å². The average Bonchev–Trinajstić information content (AvgIpc) is 3.04. The monoisotopic (exact) mass is 422 g/mol. The summed E-state index contributed by atoms with van der Waals surface area (Å²) in [6.45, 7) is 2.42. The van der Waals surface area contributed by atoms with Gasteiger partial charge < -0.3 is 19.7 Å². The second kappa shape index (κ2) is 8.20. The number of fused-ring (bicyclic) bond motifs is 1. The molecule has 1 aliphatic rings. The Hall–Kier alpha value is -2.58.